The Morgan fingerprint density at radius 1 is 1.27 bits per heavy atom. The highest BCUT2D eigenvalue weighted by molar-refractivity contribution is 5.13. The fourth-order valence-electron chi connectivity index (χ4n) is 3.84. The molecule has 0 bridgehead atoms. The molecular weight excluding hydrogens is 182 g/mol. The first-order chi connectivity index (χ1) is 7.34. The van der Waals surface area contributed by atoms with Crippen LogP contribution >= 0.6 is 0 Å². The number of rotatable bonds is 3. The van der Waals surface area contributed by atoms with Crippen molar-refractivity contribution in [1.29, 1.82) is 0 Å². The molecule has 2 fully saturated rings. The van der Waals surface area contributed by atoms with Crippen LogP contribution in [0.5, 0.6) is 0 Å². The first-order valence-electron chi connectivity index (χ1n) is 6.77. The Bertz CT molecular complexity index is 252. The molecule has 0 aromatic carbocycles. The summed E-state index contributed by atoms with van der Waals surface area (Å²) in [4.78, 5) is 0. The van der Waals surface area contributed by atoms with Crippen molar-refractivity contribution >= 4 is 0 Å². The van der Waals surface area contributed by atoms with E-state index in [0.29, 0.717) is 0 Å². The maximum atomic E-state index is 3.88. The predicted octanol–water partition coefficient (Wildman–Crippen LogP) is 3.12. The van der Waals surface area contributed by atoms with Crippen molar-refractivity contribution in [2.45, 2.75) is 57.5 Å². The fraction of sp³-hybridized carbons (Fsp3) is 0.857. The molecule has 1 N–H and O–H groups in total. The molecule has 2 saturated carbocycles. The van der Waals surface area contributed by atoms with Crippen LogP contribution in [0.2, 0.25) is 0 Å². The normalized spacial score (nSPS) is 41.5. The lowest BCUT2D eigenvalue weighted by Gasteiger charge is -2.43. The topological polar surface area (TPSA) is 12.0 Å². The fourth-order valence-corrected chi connectivity index (χ4v) is 3.84. The van der Waals surface area contributed by atoms with Crippen LogP contribution in [-0.4, -0.2) is 12.1 Å². The minimum atomic E-state index is 0.757. The lowest BCUT2D eigenvalue weighted by molar-refractivity contribution is 0.140. The Hall–Kier alpha value is -0.300. The number of hydrogen-bond acceptors (Lipinski definition) is 1. The van der Waals surface area contributed by atoms with E-state index in [1.807, 2.05) is 0 Å². The van der Waals surface area contributed by atoms with Crippen molar-refractivity contribution < 1.29 is 0 Å². The third kappa shape index (κ3) is 1.75. The second-order valence-corrected chi connectivity index (χ2v) is 5.84. The van der Waals surface area contributed by atoms with Gasteiger partial charge in [0.25, 0.3) is 0 Å². The molecule has 0 aromatic heterocycles. The lowest BCUT2D eigenvalue weighted by Crippen LogP contribution is -2.52. The van der Waals surface area contributed by atoms with E-state index in [-0.39, 0.29) is 0 Å². The molecule has 3 unspecified atom stereocenters. The van der Waals surface area contributed by atoms with Gasteiger partial charge >= 0.3 is 0 Å². The molecule has 3 rings (SSSR count). The minimum absolute atomic E-state index is 0.757. The first kappa shape index (κ1) is 9.89. The van der Waals surface area contributed by atoms with Gasteiger partial charge in [0, 0.05) is 12.1 Å². The number of fused-ring (bicyclic) bond motifs is 1. The Labute approximate surface area is 93.3 Å². The number of allylic oxidation sites excluding steroid dienone is 1. The molecule has 1 nitrogen and oxygen atoms in total. The summed E-state index contributed by atoms with van der Waals surface area (Å²) in [5.41, 5.74) is 0. The zero-order chi connectivity index (χ0) is 10.3. The van der Waals surface area contributed by atoms with Gasteiger partial charge in [-0.2, -0.15) is 0 Å². The molecule has 15 heavy (non-hydrogen) atoms. The van der Waals surface area contributed by atoms with Gasteiger partial charge in [-0.05, 0) is 50.4 Å². The monoisotopic (exact) mass is 205 g/mol. The molecular formula is C14H23N. The van der Waals surface area contributed by atoms with Gasteiger partial charge in [0.05, 0.1) is 0 Å². The molecule has 0 amide bonds. The zero-order valence-corrected chi connectivity index (χ0v) is 9.78. The first-order valence-corrected chi connectivity index (χ1v) is 6.77. The van der Waals surface area contributed by atoms with Crippen LogP contribution in [0.4, 0.5) is 0 Å². The number of nitrogens with one attached hydrogen (secondary N) is 1. The van der Waals surface area contributed by atoms with Crippen molar-refractivity contribution in [2.24, 2.45) is 17.8 Å². The van der Waals surface area contributed by atoms with Gasteiger partial charge in [-0.25, -0.2) is 0 Å². The predicted molar refractivity (Wildman–Crippen MR) is 63.7 cm³/mol. The van der Waals surface area contributed by atoms with Gasteiger partial charge in [-0.1, -0.05) is 25.0 Å². The highest BCUT2D eigenvalue weighted by Gasteiger charge is 2.41. The lowest BCUT2D eigenvalue weighted by atomic mass is 9.71. The van der Waals surface area contributed by atoms with Crippen molar-refractivity contribution in [3.8, 4) is 0 Å². The van der Waals surface area contributed by atoms with E-state index in [9.17, 15) is 0 Å². The van der Waals surface area contributed by atoms with Gasteiger partial charge in [-0.3, -0.25) is 0 Å². The molecule has 1 heteroatoms. The summed E-state index contributed by atoms with van der Waals surface area (Å²) in [7, 11) is 0. The second kappa shape index (κ2) is 3.93. The molecule has 0 aliphatic heterocycles. The summed E-state index contributed by atoms with van der Waals surface area (Å²) in [6, 6.07) is 1.57. The van der Waals surface area contributed by atoms with E-state index in [1.54, 1.807) is 0 Å². The van der Waals surface area contributed by atoms with Crippen molar-refractivity contribution in [2.75, 3.05) is 0 Å². The average molecular weight is 205 g/mol. The van der Waals surface area contributed by atoms with Gasteiger partial charge in [-0.15, -0.1) is 0 Å². The Kier molecular flexibility index (Phi) is 2.59. The van der Waals surface area contributed by atoms with Gasteiger partial charge in [0.1, 0.15) is 0 Å². The Morgan fingerprint density at radius 3 is 2.80 bits per heavy atom. The van der Waals surface area contributed by atoms with E-state index in [2.05, 4.69) is 24.4 Å². The van der Waals surface area contributed by atoms with E-state index in [0.717, 1.165) is 29.8 Å². The third-order valence-electron chi connectivity index (χ3n) is 4.95. The summed E-state index contributed by atoms with van der Waals surface area (Å²) < 4.78 is 0. The summed E-state index contributed by atoms with van der Waals surface area (Å²) in [5.74, 6) is 2.85. The van der Waals surface area contributed by atoms with Crippen molar-refractivity contribution in [3.05, 3.63) is 12.2 Å². The Morgan fingerprint density at radius 2 is 2.07 bits per heavy atom. The molecule has 3 aliphatic carbocycles. The van der Waals surface area contributed by atoms with E-state index in [4.69, 9.17) is 0 Å². The summed E-state index contributed by atoms with van der Waals surface area (Å²) in [5, 5.41) is 3.88. The number of hydrogen-bond donors (Lipinski definition) is 1. The standard InChI is InChI=1S/C14H23N/c1-10(11-5-2-3-6-11)15-14-9-12-7-4-8-13(12)14/h4,8,10-15H,2-3,5-7,9H2,1H3/t10-,12?,13?,14?/m1/s1. The van der Waals surface area contributed by atoms with Crippen molar-refractivity contribution in [3.63, 3.8) is 0 Å². The maximum absolute atomic E-state index is 3.88. The summed E-state index contributed by atoms with van der Waals surface area (Å²) in [6.07, 6.45) is 13.5. The van der Waals surface area contributed by atoms with Crippen LogP contribution in [0.15, 0.2) is 12.2 Å². The molecule has 0 heterocycles. The Balaban J connectivity index is 1.50. The second-order valence-electron chi connectivity index (χ2n) is 5.84. The SMILES string of the molecule is C[C@@H](NC1CC2CC=CC21)C1CCCC1. The molecule has 0 radical (unpaired) electrons. The average Bonchev–Trinajstić information content (AvgIpc) is 2.82. The van der Waals surface area contributed by atoms with Crippen LogP contribution in [0.1, 0.15) is 45.4 Å². The van der Waals surface area contributed by atoms with Crippen LogP contribution in [0, 0.1) is 17.8 Å². The third-order valence-corrected chi connectivity index (χ3v) is 4.95. The molecule has 0 saturated heterocycles. The van der Waals surface area contributed by atoms with Crippen LogP contribution in [-0.2, 0) is 0 Å². The van der Waals surface area contributed by atoms with Gasteiger partial charge < -0.3 is 5.32 Å². The molecule has 3 aliphatic rings. The summed E-state index contributed by atoms with van der Waals surface area (Å²) in [6.45, 7) is 2.40. The van der Waals surface area contributed by atoms with E-state index in [1.165, 1.54) is 38.5 Å². The highest BCUT2D eigenvalue weighted by Crippen LogP contribution is 2.43. The molecule has 0 spiro atoms. The van der Waals surface area contributed by atoms with Crippen LogP contribution < -0.4 is 5.32 Å². The quantitative estimate of drug-likeness (QED) is 0.698. The van der Waals surface area contributed by atoms with E-state index >= 15 is 0 Å². The summed E-state index contributed by atoms with van der Waals surface area (Å²) >= 11 is 0. The molecule has 4 atom stereocenters. The smallest absolute Gasteiger partial charge is 0.0138 e. The largest absolute Gasteiger partial charge is 0.311 e. The van der Waals surface area contributed by atoms with E-state index < -0.39 is 0 Å². The highest BCUT2D eigenvalue weighted by atomic mass is 15.0. The van der Waals surface area contributed by atoms with Crippen molar-refractivity contribution in [1.82, 2.24) is 5.32 Å². The van der Waals surface area contributed by atoms with Crippen LogP contribution in [0.25, 0.3) is 0 Å². The van der Waals surface area contributed by atoms with Gasteiger partial charge in [0.2, 0.25) is 0 Å². The van der Waals surface area contributed by atoms with Crippen LogP contribution in [0.3, 0.4) is 0 Å². The molecule has 0 aromatic rings. The maximum Gasteiger partial charge on any atom is 0.0138 e. The minimum Gasteiger partial charge on any atom is -0.311 e. The zero-order valence-electron chi connectivity index (χ0n) is 9.78. The van der Waals surface area contributed by atoms with Gasteiger partial charge in [0.15, 0.2) is 0 Å². The molecule has 84 valence electrons.